The Labute approximate surface area is 112 Å². The molecule has 1 heterocycles. The first-order valence-corrected chi connectivity index (χ1v) is 6.83. The first-order valence-electron chi connectivity index (χ1n) is 6.83. The van der Waals surface area contributed by atoms with Crippen LogP contribution >= 0.6 is 0 Å². The molecule has 1 saturated heterocycles. The van der Waals surface area contributed by atoms with Crippen LogP contribution in [0.4, 0.5) is 4.39 Å². The molecule has 0 radical (unpaired) electrons. The standard InChI is InChI=1S/C15H18FNO2/c1-10-8-17(15(18)12-2-3-12)9-14(19-10)11-4-6-13(16)7-5-11/h4-7,10,12,14H,2-3,8-9H2,1H3. The first-order chi connectivity index (χ1) is 9.13. The molecule has 0 N–H and O–H groups in total. The molecule has 4 heteroatoms. The maximum absolute atomic E-state index is 12.9. The molecule has 2 atom stereocenters. The Morgan fingerprint density at radius 2 is 1.95 bits per heavy atom. The predicted molar refractivity (Wildman–Crippen MR) is 69.0 cm³/mol. The van der Waals surface area contributed by atoms with Gasteiger partial charge < -0.3 is 9.64 Å². The Morgan fingerprint density at radius 1 is 1.26 bits per heavy atom. The van der Waals surface area contributed by atoms with Gasteiger partial charge in [0.2, 0.25) is 5.91 Å². The summed E-state index contributed by atoms with van der Waals surface area (Å²) < 4.78 is 18.8. The van der Waals surface area contributed by atoms with Gasteiger partial charge in [0.1, 0.15) is 11.9 Å². The number of ether oxygens (including phenoxy) is 1. The van der Waals surface area contributed by atoms with Gasteiger partial charge in [0.25, 0.3) is 0 Å². The number of rotatable bonds is 2. The number of morpholine rings is 1. The lowest BCUT2D eigenvalue weighted by Gasteiger charge is -2.37. The molecule has 3 nitrogen and oxygen atoms in total. The van der Waals surface area contributed by atoms with Gasteiger partial charge in [-0.05, 0) is 37.5 Å². The van der Waals surface area contributed by atoms with Crippen LogP contribution < -0.4 is 0 Å². The molecule has 102 valence electrons. The van der Waals surface area contributed by atoms with Gasteiger partial charge in [0.05, 0.1) is 12.6 Å². The predicted octanol–water partition coefficient (Wildman–Crippen LogP) is 2.52. The molecule has 1 saturated carbocycles. The van der Waals surface area contributed by atoms with Gasteiger partial charge in [0, 0.05) is 12.5 Å². The van der Waals surface area contributed by atoms with Crippen molar-refractivity contribution < 1.29 is 13.9 Å². The van der Waals surface area contributed by atoms with E-state index < -0.39 is 0 Å². The smallest absolute Gasteiger partial charge is 0.225 e. The molecule has 1 amide bonds. The Bertz CT molecular complexity index is 470. The number of amides is 1. The third-order valence-electron chi connectivity index (χ3n) is 3.74. The lowest BCUT2D eigenvalue weighted by atomic mass is 10.1. The number of carbonyl (C=O) groups excluding carboxylic acids is 1. The summed E-state index contributed by atoms with van der Waals surface area (Å²) in [5.74, 6) is 0.236. The largest absolute Gasteiger partial charge is 0.367 e. The average Bonchev–Trinajstić information content (AvgIpc) is 3.22. The summed E-state index contributed by atoms with van der Waals surface area (Å²) >= 11 is 0. The van der Waals surface area contributed by atoms with Gasteiger partial charge in [-0.2, -0.15) is 0 Å². The minimum atomic E-state index is -0.251. The van der Waals surface area contributed by atoms with E-state index in [-0.39, 0.29) is 29.9 Å². The van der Waals surface area contributed by atoms with E-state index in [4.69, 9.17) is 4.74 Å². The fourth-order valence-corrected chi connectivity index (χ4v) is 2.58. The van der Waals surface area contributed by atoms with E-state index in [2.05, 4.69) is 0 Å². The fraction of sp³-hybridized carbons (Fsp3) is 0.533. The number of halogens is 1. The normalized spacial score (nSPS) is 27.4. The van der Waals surface area contributed by atoms with Gasteiger partial charge in [-0.25, -0.2) is 4.39 Å². The average molecular weight is 263 g/mol. The fourth-order valence-electron chi connectivity index (χ4n) is 2.58. The second-order valence-electron chi connectivity index (χ2n) is 5.50. The van der Waals surface area contributed by atoms with E-state index >= 15 is 0 Å². The van der Waals surface area contributed by atoms with Gasteiger partial charge >= 0.3 is 0 Å². The molecular weight excluding hydrogens is 245 g/mol. The molecule has 1 aliphatic heterocycles. The molecule has 0 aromatic heterocycles. The van der Waals surface area contributed by atoms with E-state index in [1.807, 2.05) is 11.8 Å². The van der Waals surface area contributed by atoms with E-state index in [9.17, 15) is 9.18 Å². The Hall–Kier alpha value is -1.42. The zero-order valence-electron chi connectivity index (χ0n) is 11.0. The van der Waals surface area contributed by atoms with E-state index in [0.29, 0.717) is 13.1 Å². The van der Waals surface area contributed by atoms with Crippen molar-refractivity contribution >= 4 is 5.91 Å². The van der Waals surface area contributed by atoms with Crippen LogP contribution in [0, 0.1) is 11.7 Å². The van der Waals surface area contributed by atoms with Crippen molar-refractivity contribution in [3.63, 3.8) is 0 Å². The molecule has 2 fully saturated rings. The molecule has 1 aromatic rings. The minimum absolute atomic E-state index is 0.0199. The van der Waals surface area contributed by atoms with E-state index in [0.717, 1.165) is 18.4 Å². The minimum Gasteiger partial charge on any atom is -0.367 e. The van der Waals surface area contributed by atoms with Crippen molar-refractivity contribution in [3.8, 4) is 0 Å². The highest BCUT2D eigenvalue weighted by atomic mass is 19.1. The third-order valence-corrected chi connectivity index (χ3v) is 3.74. The summed E-state index contributed by atoms with van der Waals surface area (Å²) in [5, 5.41) is 0. The Morgan fingerprint density at radius 3 is 2.58 bits per heavy atom. The summed E-state index contributed by atoms with van der Waals surface area (Å²) in [6, 6.07) is 6.34. The molecule has 2 unspecified atom stereocenters. The monoisotopic (exact) mass is 263 g/mol. The van der Waals surface area contributed by atoms with Crippen molar-refractivity contribution in [1.82, 2.24) is 4.90 Å². The highest BCUT2D eigenvalue weighted by molar-refractivity contribution is 5.81. The van der Waals surface area contributed by atoms with Crippen LogP contribution in [0.15, 0.2) is 24.3 Å². The summed E-state index contributed by atoms with van der Waals surface area (Å²) in [5.41, 5.74) is 0.932. The van der Waals surface area contributed by atoms with Gasteiger partial charge in [0.15, 0.2) is 0 Å². The number of benzene rings is 1. The topological polar surface area (TPSA) is 29.5 Å². The van der Waals surface area contributed by atoms with Crippen molar-refractivity contribution in [2.45, 2.75) is 32.0 Å². The van der Waals surface area contributed by atoms with Gasteiger partial charge in [-0.1, -0.05) is 12.1 Å². The summed E-state index contributed by atoms with van der Waals surface area (Å²) in [4.78, 5) is 14.0. The first kappa shape index (κ1) is 12.6. The van der Waals surface area contributed by atoms with Crippen LogP contribution in [0.5, 0.6) is 0 Å². The highest BCUT2D eigenvalue weighted by Crippen LogP contribution is 2.33. The molecule has 1 aromatic carbocycles. The number of hydrogen-bond acceptors (Lipinski definition) is 2. The van der Waals surface area contributed by atoms with Crippen molar-refractivity contribution in [1.29, 1.82) is 0 Å². The second-order valence-corrected chi connectivity index (χ2v) is 5.50. The molecule has 0 spiro atoms. The lowest BCUT2D eigenvalue weighted by Crippen LogP contribution is -2.46. The van der Waals surface area contributed by atoms with Crippen LogP contribution in [0.25, 0.3) is 0 Å². The number of carbonyl (C=O) groups is 1. The Balaban J connectivity index is 1.74. The second kappa shape index (κ2) is 4.93. The number of hydrogen-bond donors (Lipinski definition) is 0. The SMILES string of the molecule is CC1CN(C(=O)C2CC2)CC(c2ccc(F)cc2)O1. The summed E-state index contributed by atoms with van der Waals surface area (Å²) in [6.07, 6.45) is 1.91. The van der Waals surface area contributed by atoms with Crippen LogP contribution in [0.2, 0.25) is 0 Å². The zero-order chi connectivity index (χ0) is 13.4. The highest BCUT2D eigenvalue weighted by Gasteiger charge is 2.37. The molecule has 0 bridgehead atoms. The van der Waals surface area contributed by atoms with E-state index in [1.165, 1.54) is 12.1 Å². The Kier molecular flexibility index (Phi) is 3.27. The molecule has 19 heavy (non-hydrogen) atoms. The van der Waals surface area contributed by atoms with Crippen molar-refractivity contribution in [3.05, 3.63) is 35.6 Å². The van der Waals surface area contributed by atoms with Crippen LogP contribution in [0.1, 0.15) is 31.4 Å². The van der Waals surface area contributed by atoms with Crippen LogP contribution in [0.3, 0.4) is 0 Å². The van der Waals surface area contributed by atoms with Crippen molar-refractivity contribution in [2.75, 3.05) is 13.1 Å². The quantitative estimate of drug-likeness (QED) is 0.820. The molecule has 1 aliphatic carbocycles. The van der Waals surface area contributed by atoms with Crippen LogP contribution in [-0.4, -0.2) is 30.0 Å². The lowest BCUT2D eigenvalue weighted by molar-refractivity contribution is -0.146. The summed E-state index contributed by atoms with van der Waals surface area (Å²) in [7, 11) is 0. The summed E-state index contributed by atoms with van der Waals surface area (Å²) in [6.45, 7) is 3.21. The van der Waals surface area contributed by atoms with Crippen LogP contribution in [-0.2, 0) is 9.53 Å². The van der Waals surface area contributed by atoms with E-state index in [1.54, 1.807) is 12.1 Å². The van der Waals surface area contributed by atoms with Gasteiger partial charge in [-0.15, -0.1) is 0 Å². The maximum atomic E-state index is 12.9. The zero-order valence-corrected chi connectivity index (χ0v) is 11.0. The van der Waals surface area contributed by atoms with Gasteiger partial charge in [-0.3, -0.25) is 4.79 Å². The number of nitrogens with zero attached hydrogens (tertiary/aromatic N) is 1. The maximum Gasteiger partial charge on any atom is 0.225 e. The molecule has 3 rings (SSSR count). The molecule has 2 aliphatic rings. The molecular formula is C15H18FNO2. The van der Waals surface area contributed by atoms with Crippen molar-refractivity contribution in [2.24, 2.45) is 5.92 Å². The third kappa shape index (κ3) is 2.78.